The third-order valence-electron chi connectivity index (χ3n) is 13.2. The molecule has 81 heavy (non-hydrogen) atoms. The van der Waals surface area contributed by atoms with Crippen LogP contribution < -0.4 is 0 Å². The molecule has 0 aliphatic heterocycles. The standard InChI is InChI=1S/C75H118O6/c1-4-7-10-13-16-18-20-22-24-26-28-30-32-34-35-36-37-38-39-41-42-44-46-48-50-52-54-56-59-62-65-68-74(77)80-71-72(70-79-73(76)67-64-61-58-15-12-9-6-3)81-75(78)69-66-63-60-57-55-53-51-49-47-45-43-40-33-31-29-27-25-23-21-19-17-14-11-8-5-2/h7-8,10-11,16-19,22-25,28-31,34-35,37-38,40-43,47,49,53,55,72H,4-6,9,12-15,20-21,26-27,32-33,36,39,44-46,48,50-52,54,56-71H2,1-3H3/b10-7-,11-8-,18-16-,19-17-,24-22-,25-23-,30-28-,31-29-,35-34-,38-37-,42-41-,43-40-,49-47-,55-53-. The summed E-state index contributed by atoms with van der Waals surface area (Å²) in [7, 11) is 0. The van der Waals surface area contributed by atoms with Crippen LogP contribution in [0.25, 0.3) is 0 Å². The maximum atomic E-state index is 12.9. The number of carbonyl (C=O) groups is 3. The minimum absolute atomic E-state index is 0.0995. The highest BCUT2D eigenvalue weighted by atomic mass is 16.6. The Balaban J connectivity index is 4.25. The molecule has 0 spiro atoms. The van der Waals surface area contributed by atoms with Crippen molar-refractivity contribution in [3.63, 3.8) is 0 Å². The van der Waals surface area contributed by atoms with E-state index in [2.05, 4.69) is 191 Å². The Bertz CT molecular complexity index is 1860. The molecule has 0 aromatic carbocycles. The highest BCUT2D eigenvalue weighted by Gasteiger charge is 2.19. The lowest BCUT2D eigenvalue weighted by Crippen LogP contribution is -2.30. The average Bonchev–Trinajstić information content (AvgIpc) is 3.46. The second-order valence-electron chi connectivity index (χ2n) is 20.9. The van der Waals surface area contributed by atoms with Crippen LogP contribution in [0.3, 0.4) is 0 Å². The Hall–Kier alpha value is -5.23. The molecule has 0 aliphatic rings. The number of esters is 3. The maximum absolute atomic E-state index is 12.9. The molecule has 0 heterocycles. The van der Waals surface area contributed by atoms with Crippen LogP contribution in [0.4, 0.5) is 0 Å². The molecule has 0 aromatic heterocycles. The first-order valence-electron chi connectivity index (χ1n) is 32.6. The fourth-order valence-electron chi connectivity index (χ4n) is 8.40. The van der Waals surface area contributed by atoms with E-state index in [0.717, 1.165) is 161 Å². The number of allylic oxidation sites excluding steroid dienone is 28. The molecule has 0 aliphatic carbocycles. The van der Waals surface area contributed by atoms with Crippen molar-refractivity contribution in [1.82, 2.24) is 0 Å². The molecule has 1 unspecified atom stereocenters. The van der Waals surface area contributed by atoms with E-state index in [1.807, 2.05) is 0 Å². The van der Waals surface area contributed by atoms with Crippen molar-refractivity contribution < 1.29 is 28.6 Å². The van der Waals surface area contributed by atoms with Gasteiger partial charge in [-0.05, 0) is 135 Å². The summed E-state index contributed by atoms with van der Waals surface area (Å²) in [6, 6.07) is 0. The van der Waals surface area contributed by atoms with Crippen LogP contribution in [0.1, 0.15) is 265 Å². The molecular formula is C75H118O6. The molecule has 0 aromatic rings. The van der Waals surface area contributed by atoms with E-state index in [-0.39, 0.29) is 37.5 Å². The van der Waals surface area contributed by atoms with Gasteiger partial charge in [-0.15, -0.1) is 0 Å². The lowest BCUT2D eigenvalue weighted by Gasteiger charge is -2.18. The second kappa shape index (κ2) is 67.3. The monoisotopic (exact) mass is 1110 g/mol. The van der Waals surface area contributed by atoms with Gasteiger partial charge in [-0.3, -0.25) is 14.4 Å². The summed E-state index contributed by atoms with van der Waals surface area (Å²) in [5.41, 5.74) is 0. The van der Waals surface area contributed by atoms with Crippen molar-refractivity contribution in [3.05, 3.63) is 170 Å². The van der Waals surface area contributed by atoms with Crippen LogP contribution >= 0.6 is 0 Å². The first-order valence-corrected chi connectivity index (χ1v) is 32.6. The Morgan fingerprint density at radius 3 is 0.765 bits per heavy atom. The fourth-order valence-corrected chi connectivity index (χ4v) is 8.40. The SMILES string of the molecule is CC/C=C\C/C=C\C/C=C\C/C=C\C/C=C\C/C=C\C/C=C\CCCCCCCCCCCC(=O)OCC(COC(=O)CCCCCCCCC)OC(=O)CCCCC/C=C\C/C=C\C/C=C\C/C=C\C/C=C\C/C=C\C/C=C\CC. The number of hydrogen-bond acceptors (Lipinski definition) is 6. The minimum atomic E-state index is -0.805. The molecule has 1 atom stereocenters. The quantitative estimate of drug-likeness (QED) is 0.0261. The first-order chi connectivity index (χ1) is 40.0. The van der Waals surface area contributed by atoms with Crippen molar-refractivity contribution in [2.75, 3.05) is 13.2 Å². The molecule has 0 saturated carbocycles. The minimum Gasteiger partial charge on any atom is -0.462 e. The van der Waals surface area contributed by atoms with E-state index in [1.54, 1.807) is 0 Å². The highest BCUT2D eigenvalue weighted by molar-refractivity contribution is 5.71. The number of ether oxygens (including phenoxy) is 3. The van der Waals surface area contributed by atoms with Gasteiger partial charge < -0.3 is 14.2 Å². The van der Waals surface area contributed by atoms with Crippen LogP contribution in [-0.2, 0) is 28.6 Å². The zero-order chi connectivity index (χ0) is 58.5. The summed E-state index contributed by atoms with van der Waals surface area (Å²) in [5, 5.41) is 0. The molecule has 0 radical (unpaired) electrons. The predicted molar refractivity (Wildman–Crippen MR) is 352 cm³/mol. The van der Waals surface area contributed by atoms with E-state index in [4.69, 9.17) is 14.2 Å². The zero-order valence-electron chi connectivity index (χ0n) is 52.0. The smallest absolute Gasteiger partial charge is 0.306 e. The van der Waals surface area contributed by atoms with E-state index >= 15 is 0 Å². The lowest BCUT2D eigenvalue weighted by molar-refractivity contribution is -0.167. The van der Waals surface area contributed by atoms with Crippen LogP contribution in [0.5, 0.6) is 0 Å². The van der Waals surface area contributed by atoms with Crippen molar-refractivity contribution in [3.8, 4) is 0 Å². The molecule has 0 fully saturated rings. The third kappa shape index (κ3) is 65.5. The maximum Gasteiger partial charge on any atom is 0.306 e. The van der Waals surface area contributed by atoms with Gasteiger partial charge in [0.15, 0.2) is 6.10 Å². The first kappa shape index (κ1) is 75.8. The third-order valence-corrected chi connectivity index (χ3v) is 13.2. The van der Waals surface area contributed by atoms with Crippen LogP contribution in [0.15, 0.2) is 170 Å². The number of carbonyl (C=O) groups excluding carboxylic acids is 3. The highest BCUT2D eigenvalue weighted by Crippen LogP contribution is 2.14. The number of unbranched alkanes of at least 4 members (excludes halogenated alkanes) is 18. The topological polar surface area (TPSA) is 78.9 Å². The van der Waals surface area contributed by atoms with Crippen LogP contribution in [-0.4, -0.2) is 37.2 Å². The summed E-state index contributed by atoms with van der Waals surface area (Å²) < 4.78 is 16.8. The van der Waals surface area contributed by atoms with Gasteiger partial charge in [0.2, 0.25) is 0 Å². The van der Waals surface area contributed by atoms with Gasteiger partial charge in [-0.2, -0.15) is 0 Å². The fraction of sp³-hybridized carbons (Fsp3) is 0.587. The number of rotatable bonds is 57. The molecule has 6 heteroatoms. The van der Waals surface area contributed by atoms with Crippen molar-refractivity contribution in [1.29, 1.82) is 0 Å². The van der Waals surface area contributed by atoms with Gasteiger partial charge in [0.1, 0.15) is 13.2 Å². The predicted octanol–water partition coefficient (Wildman–Crippen LogP) is 22.7. The molecule has 6 nitrogen and oxygen atoms in total. The Morgan fingerprint density at radius 2 is 0.481 bits per heavy atom. The largest absolute Gasteiger partial charge is 0.462 e. The number of hydrogen-bond donors (Lipinski definition) is 0. The Kier molecular flexibility index (Phi) is 62.9. The van der Waals surface area contributed by atoms with Gasteiger partial charge in [0, 0.05) is 19.3 Å². The van der Waals surface area contributed by atoms with E-state index < -0.39 is 6.10 Å². The normalized spacial score (nSPS) is 13.3. The zero-order valence-corrected chi connectivity index (χ0v) is 52.0. The van der Waals surface area contributed by atoms with Gasteiger partial charge in [-0.1, -0.05) is 281 Å². The Morgan fingerprint density at radius 1 is 0.259 bits per heavy atom. The Labute approximate surface area is 498 Å². The average molecular weight is 1120 g/mol. The van der Waals surface area contributed by atoms with Gasteiger partial charge in [0.25, 0.3) is 0 Å². The van der Waals surface area contributed by atoms with E-state index in [0.29, 0.717) is 12.8 Å². The van der Waals surface area contributed by atoms with Crippen LogP contribution in [0, 0.1) is 0 Å². The molecule has 0 rings (SSSR count). The molecule has 0 N–H and O–H groups in total. The summed E-state index contributed by atoms with van der Waals surface area (Å²) in [6.45, 7) is 6.33. The van der Waals surface area contributed by atoms with E-state index in [1.165, 1.54) is 64.2 Å². The molecule has 0 bridgehead atoms. The molecule has 0 amide bonds. The summed E-state index contributed by atoms with van der Waals surface area (Å²) in [5.74, 6) is -0.951. The molecule has 454 valence electrons. The van der Waals surface area contributed by atoms with Crippen molar-refractivity contribution in [2.45, 2.75) is 271 Å². The van der Waals surface area contributed by atoms with Crippen molar-refractivity contribution in [2.24, 2.45) is 0 Å². The second-order valence-corrected chi connectivity index (χ2v) is 20.9. The summed E-state index contributed by atoms with van der Waals surface area (Å²) in [6.07, 6.45) is 99.5. The molecule has 0 saturated heterocycles. The molecular weight excluding hydrogens is 997 g/mol. The van der Waals surface area contributed by atoms with Gasteiger partial charge in [0.05, 0.1) is 0 Å². The van der Waals surface area contributed by atoms with Gasteiger partial charge in [-0.25, -0.2) is 0 Å². The van der Waals surface area contributed by atoms with Crippen LogP contribution in [0.2, 0.25) is 0 Å². The summed E-state index contributed by atoms with van der Waals surface area (Å²) in [4.78, 5) is 38.1. The van der Waals surface area contributed by atoms with Crippen molar-refractivity contribution >= 4 is 17.9 Å². The van der Waals surface area contributed by atoms with Gasteiger partial charge >= 0.3 is 17.9 Å². The summed E-state index contributed by atoms with van der Waals surface area (Å²) >= 11 is 0. The van der Waals surface area contributed by atoms with E-state index in [9.17, 15) is 14.4 Å². The lowest BCUT2D eigenvalue weighted by atomic mass is 10.1.